The van der Waals surface area contributed by atoms with E-state index in [1.165, 1.54) is 49.7 Å². The molecule has 3 rings (SSSR count). The van der Waals surface area contributed by atoms with Gasteiger partial charge in [0.1, 0.15) is 0 Å². The van der Waals surface area contributed by atoms with Gasteiger partial charge >= 0.3 is 0 Å². The minimum Gasteiger partial charge on any atom is -0.360 e. The van der Waals surface area contributed by atoms with Gasteiger partial charge in [-0.05, 0) is 55.4 Å². The number of rotatable bonds is 2. The van der Waals surface area contributed by atoms with E-state index < -0.39 is 0 Å². The molecule has 1 aromatic rings. The molecule has 2 aliphatic carbocycles. The predicted octanol–water partition coefficient (Wildman–Crippen LogP) is 2.95. The highest BCUT2D eigenvalue weighted by Crippen LogP contribution is 2.21. The molecule has 1 unspecified atom stereocenters. The molecule has 2 nitrogen and oxygen atoms in total. The van der Waals surface area contributed by atoms with Gasteiger partial charge in [-0.25, -0.2) is 0 Å². The summed E-state index contributed by atoms with van der Waals surface area (Å²) in [5.41, 5.74) is 2.99. The van der Waals surface area contributed by atoms with Crippen LogP contribution in [0.25, 0.3) is 0 Å². The molecule has 0 saturated heterocycles. The molecular formula is C16H22N2S. The lowest BCUT2D eigenvalue weighted by Crippen LogP contribution is -2.47. The van der Waals surface area contributed by atoms with Gasteiger partial charge < -0.3 is 10.6 Å². The van der Waals surface area contributed by atoms with Crippen LogP contribution in [-0.4, -0.2) is 17.2 Å². The molecule has 3 heteroatoms. The van der Waals surface area contributed by atoms with E-state index in [1.807, 2.05) is 0 Å². The number of hydrogen-bond acceptors (Lipinski definition) is 1. The van der Waals surface area contributed by atoms with Gasteiger partial charge in [-0.3, -0.25) is 0 Å². The van der Waals surface area contributed by atoms with Crippen LogP contribution in [0.2, 0.25) is 0 Å². The molecule has 1 aromatic carbocycles. The lowest BCUT2D eigenvalue weighted by atomic mass is 9.88. The summed E-state index contributed by atoms with van der Waals surface area (Å²) < 4.78 is 0. The molecule has 0 aliphatic heterocycles. The molecule has 0 aromatic heterocycles. The van der Waals surface area contributed by atoms with Gasteiger partial charge in [0.05, 0.1) is 0 Å². The largest absolute Gasteiger partial charge is 0.360 e. The second-order valence-corrected chi connectivity index (χ2v) is 6.22. The predicted molar refractivity (Wildman–Crippen MR) is 83.4 cm³/mol. The Labute approximate surface area is 121 Å². The molecule has 1 atom stereocenters. The number of nitrogens with one attached hydrogen (secondary N) is 2. The Morgan fingerprint density at radius 2 is 1.63 bits per heavy atom. The molecule has 1 saturated carbocycles. The number of thiocarbonyl (C=S) groups is 1. The molecule has 0 bridgehead atoms. The molecule has 19 heavy (non-hydrogen) atoms. The minimum absolute atomic E-state index is 0.497. The van der Waals surface area contributed by atoms with Crippen LogP contribution in [-0.2, 0) is 12.8 Å². The summed E-state index contributed by atoms with van der Waals surface area (Å²) >= 11 is 5.45. The summed E-state index contributed by atoms with van der Waals surface area (Å²) in [5, 5.41) is 7.84. The summed E-state index contributed by atoms with van der Waals surface area (Å²) in [5.74, 6) is 0. The molecule has 0 amide bonds. The number of fused-ring (bicyclic) bond motifs is 1. The van der Waals surface area contributed by atoms with Crippen LogP contribution in [0.4, 0.5) is 0 Å². The van der Waals surface area contributed by atoms with Crippen molar-refractivity contribution < 1.29 is 0 Å². The van der Waals surface area contributed by atoms with Gasteiger partial charge in [0, 0.05) is 12.1 Å². The second kappa shape index (κ2) is 5.91. The van der Waals surface area contributed by atoms with E-state index in [-0.39, 0.29) is 0 Å². The van der Waals surface area contributed by atoms with Gasteiger partial charge in [-0.15, -0.1) is 0 Å². The van der Waals surface area contributed by atoms with E-state index in [1.54, 1.807) is 0 Å². The van der Waals surface area contributed by atoms with Gasteiger partial charge in [0.2, 0.25) is 0 Å². The number of hydrogen-bond donors (Lipinski definition) is 2. The third-order valence-electron chi connectivity index (χ3n) is 4.37. The zero-order valence-corrected chi connectivity index (χ0v) is 12.1. The van der Waals surface area contributed by atoms with E-state index in [0.717, 1.165) is 11.5 Å². The van der Waals surface area contributed by atoms with Crippen LogP contribution < -0.4 is 10.6 Å². The highest BCUT2D eigenvalue weighted by atomic mass is 32.1. The fourth-order valence-electron chi connectivity index (χ4n) is 3.30. The monoisotopic (exact) mass is 274 g/mol. The summed E-state index contributed by atoms with van der Waals surface area (Å²) in [6, 6.07) is 9.87. The first-order chi connectivity index (χ1) is 9.31. The van der Waals surface area contributed by atoms with Crippen molar-refractivity contribution in [2.24, 2.45) is 0 Å². The van der Waals surface area contributed by atoms with E-state index in [9.17, 15) is 0 Å². The first kappa shape index (κ1) is 12.9. The average Bonchev–Trinajstić information content (AvgIpc) is 2.91. The maximum absolute atomic E-state index is 5.45. The fraction of sp³-hybridized carbons (Fsp3) is 0.562. The molecule has 0 heterocycles. The Morgan fingerprint density at radius 1 is 0.947 bits per heavy atom. The van der Waals surface area contributed by atoms with Gasteiger partial charge in [0.25, 0.3) is 0 Å². The minimum atomic E-state index is 0.497. The van der Waals surface area contributed by atoms with Crippen molar-refractivity contribution in [3.8, 4) is 0 Å². The van der Waals surface area contributed by atoms with Crippen molar-refractivity contribution in [2.75, 3.05) is 0 Å². The van der Waals surface area contributed by atoms with Crippen LogP contribution in [0.3, 0.4) is 0 Å². The van der Waals surface area contributed by atoms with Crippen LogP contribution in [0.1, 0.15) is 43.2 Å². The quantitative estimate of drug-likeness (QED) is 0.811. The Morgan fingerprint density at radius 3 is 2.42 bits per heavy atom. The fourth-order valence-corrected chi connectivity index (χ4v) is 3.64. The number of benzene rings is 1. The molecule has 1 fully saturated rings. The van der Waals surface area contributed by atoms with E-state index in [4.69, 9.17) is 12.2 Å². The molecule has 2 aliphatic rings. The third kappa shape index (κ3) is 3.27. The zero-order valence-electron chi connectivity index (χ0n) is 11.3. The zero-order chi connectivity index (χ0) is 13.1. The maximum atomic E-state index is 5.45. The Bertz CT molecular complexity index is 452. The maximum Gasteiger partial charge on any atom is 0.166 e. The Hall–Kier alpha value is -1.09. The molecular weight excluding hydrogens is 252 g/mol. The summed E-state index contributed by atoms with van der Waals surface area (Å²) in [4.78, 5) is 0. The lowest BCUT2D eigenvalue weighted by Gasteiger charge is -2.27. The smallest absolute Gasteiger partial charge is 0.166 e. The highest BCUT2D eigenvalue weighted by molar-refractivity contribution is 7.80. The second-order valence-electron chi connectivity index (χ2n) is 5.81. The van der Waals surface area contributed by atoms with Crippen LogP contribution >= 0.6 is 12.2 Å². The van der Waals surface area contributed by atoms with Crippen molar-refractivity contribution in [1.82, 2.24) is 10.6 Å². The molecule has 2 N–H and O–H groups in total. The molecule has 0 spiro atoms. The lowest BCUT2D eigenvalue weighted by molar-refractivity contribution is 0.516. The van der Waals surface area contributed by atoms with Crippen LogP contribution in [0, 0.1) is 0 Å². The van der Waals surface area contributed by atoms with Crippen molar-refractivity contribution in [3.63, 3.8) is 0 Å². The number of aryl methyl sites for hydroxylation is 1. The SMILES string of the molecule is S=C(NC1CCCC1)NC1CCc2ccccc2C1. The normalized spacial score (nSPS) is 22.8. The van der Waals surface area contributed by atoms with Crippen molar-refractivity contribution in [2.45, 2.75) is 57.0 Å². The van der Waals surface area contributed by atoms with E-state index >= 15 is 0 Å². The Balaban J connectivity index is 1.52. The van der Waals surface area contributed by atoms with E-state index in [0.29, 0.717) is 12.1 Å². The van der Waals surface area contributed by atoms with Gasteiger partial charge in [-0.2, -0.15) is 0 Å². The summed E-state index contributed by atoms with van der Waals surface area (Å²) in [6.07, 6.45) is 8.69. The van der Waals surface area contributed by atoms with Crippen molar-refractivity contribution in [3.05, 3.63) is 35.4 Å². The van der Waals surface area contributed by atoms with Crippen molar-refractivity contribution in [1.29, 1.82) is 0 Å². The van der Waals surface area contributed by atoms with E-state index in [2.05, 4.69) is 34.9 Å². The topological polar surface area (TPSA) is 24.1 Å². The van der Waals surface area contributed by atoms with Crippen LogP contribution in [0.5, 0.6) is 0 Å². The van der Waals surface area contributed by atoms with Crippen molar-refractivity contribution >= 4 is 17.3 Å². The highest BCUT2D eigenvalue weighted by Gasteiger charge is 2.20. The first-order valence-corrected chi connectivity index (χ1v) is 7.86. The standard InChI is InChI=1S/C16H22N2S/c19-16(17-14-7-3-4-8-14)18-15-10-9-12-5-1-2-6-13(12)11-15/h1-2,5-6,14-15H,3-4,7-11H2,(H2,17,18,19). The summed E-state index contributed by atoms with van der Waals surface area (Å²) in [7, 11) is 0. The first-order valence-electron chi connectivity index (χ1n) is 7.45. The average molecular weight is 274 g/mol. The van der Waals surface area contributed by atoms with Crippen LogP contribution in [0.15, 0.2) is 24.3 Å². The van der Waals surface area contributed by atoms with Gasteiger partial charge in [-0.1, -0.05) is 37.1 Å². The van der Waals surface area contributed by atoms with Gasteiger partial charge in [0.15, 0.2) is 5.11 Å². The molecule has 0 radical (unpaired) electrons. The third-order valence-corrected chi connectivity index (χ3v) is 4.61. The summed E-state index contributed by atoms with van der Waals surface area (Å²) in [6.45, 7) is 0. The molecule has 102 valence electrons. The Kier molecular flexibility index (Phi) is 4.02.